The second kappa shape index (κ2) is 7.65. The second-order valence-electron chi connectivity index (χ2n) is 6.44. The minimum absolute atomic E-state index is 0.442. The number of allylic oxidation sites excluding steroid dienone is 2. The van der Waals surface area contributed by atoms with Crippen LogP contribution in [0.15, 0.2) is 35.9 Å². The van der Waals surface area contributed by atoms with E-state index in [1.807, 2.05) is 0 Å². The third kappa shape index (κ3) is 4.60. The summed E-state index contributed by atoms with van der Waals surface area (Å²) in [4.78, 5) is 0. The summed E-state index contributed by atoms with van der Waals surface area (Å²) < 4.78 is 5.23. The Kier molecular flexibility index (Phi) is 5.86. The maximum absolute atomic E-state index is 5.23. The molecule has 0 heterocycles. The first kappa shape index (κ1) is 16.1. The van der Waals surface area contributed by atoms with Crippen LogP contribution < -0.4 is 10.1 Å². The molecule has 0 saturated carbocycles. The molecular weight excluding hydrogens is 258 g/mol. The lowest BCUT2D eigenvalue weighted by Gasteiger charge is -2.28. The molecule has 2 heteroatoms. The van der Waals surface area contributed by atoms with Crippen molar-refractivity contribution in [1.29, 1.82) is 0 Å². The van der Waals surface area contributed by atoms with Crippen molar-refractivity contribution in [2.75, 3.05) is 13.7 Å². The van der Waals surface area contributed by atoms with E-state index in [4.69, 9.17) is 4.74 Å². The highest BCUT2D eigenvalue weighted by Crippen LogP contribution is 2.28. The summed E-state index contributed by atoms with van der Waals surface area (Å²) in [6, 6.07) is 8.89. The molecular formula is C19H29NO. The van der Waals surface area contributed by atoms with Gasteiger partial charge in [-0.1, -0.05) is 37.6 Å². The monoisotopic (exact) mass is 287 g/mol. The number of ether oxygens (including phenoxy) is 1. The van der Waals surface area contributed by atoms with Crippen LogP contribution >= 0.6 is 0 Å². The van der Waals surface area contributed by atoms with Crippen LogP contribution in [0, 0.1) is 11.8 Å². The van der Waals surface area contributed by atoms with E-state index >= 15 is 0 Å². The topological polar surface area (TPSA) is 21.3 Å². The van der Waals surface area contributed by atoms with Gasteiger partial charge in [-0.25, -0.2) is 0 Å². The molecule has 1 aliphatic carbocycles. The fourth-order valence-corrected chi connectivity index (χ4v) is 3.48. The van der Waals surface area contributed by atoms with Gasteiger partial charge in [-0.15, -0.1) is 0 Å². The van der Waals surface area contributed by atoms with E-state index in [1.165, 1.54) is 18.4 Å². The summed E-state index contributed by atoms with van der Waals surface area (Å²) in [5, 5.41) is 3.77. The molecule has 0 aromatic heterocycles. The molecule has 1 aliphatic rings. The molecule has 0 fully saturated rings. The molecule has 0 aliphatic heterocycles. The standard InChI is InChI=1S/C19H29NO/c1-5-19(17-6-8-18(21-4)9-7-17)20-13-16-11-14(2)10-15(3)12-16/h6-10,14,16,19-20H,5,11-13H2,1-4H3. The number of methoxy groups -OCH3 is 1. The van der Waals surface area contributed by atoms with E-state index in [1.54, 1.807) is 12.7 Å². The van der Waals surface area contributed by atoms with Crippen LogP contribution in [0.5, 0.6) is 5.75 Å². The highest BCUT2D eigenvalue weighted by molar-refractivity contribution is 5.29. The number of rotatable bonds is 6. The van der Waals surface area contributed by atoms with Gasteiger partial charge in [0.1, 0.15) is 5.75 Å². The normalized spacial score (nSPS) is 23.5. The van der Waals surface area contributed by atoms with Gasteiger partial charge in [0, 0.05) is 6.04 Å². The van der Waals surface area contributed by atoms with Gasteiger partial charge in [0.05, 0.1) is 7.11 Å². The largest absolute Gasteiger partial charge is 0.497 e. The molecule has 0 radical (unpaired) electrons. The Morgan fingerprint density at radius 2 is 2.00 bits per heavy atom. The van der Waals surface area contributed by atoms with Crippen LogP contribution in [-0.4, -0.2) is 13.7 Å². The van der Waals surface area contributed by atoms with Crippen molar-refractivity contribution >= 4 is 0 Å². The summed E-state index contributed by atoms with van der Waals surface area (Å²) in [6.45, 7) is 7.95. The van der Waals surface area contributed by atoms with Crippen LogP contribution in [0.3, 0.4) is 0 Å². The number of nitrogens with one attached hydrogen (secondary N) is 1. The fourth-order valence-electron chi connectivity index (χ4n) is 3.48. The first-order valence-corrected chi connectivity index (χ1v) is 8.17. The Labute approximate surface area is 129 Å². The molecule has 0 saturated heterocycles. The Morgan fingerprint density at radius 3 is 2.57 bits per heavy atom. The van der Waals surface area contributed by atoms with Gasteiger partial charge in [0.25, 0.3) is 0 Å². The number of hydrogen-bond donors (Lipinski definition) is 1. The summed E-state index contributed by atoms with van der Waals surface area (Å²) in [6.07, 6.45) is 6.10. The lowest BCUT2D eigenvalue weighted by atomic mass is 9.83. The van der Waals surface area contributed by atoms with E-state index in [-0.39, 0.29) is 0 Å². The lowest BCUT2D eigenvalue weighted by Crippen LogP contribution is -2.29. The predicted octanol–water partition coefficient (Wildman–Crippen LogP) is 4.73. The third-order valence-electron chi connectivity index (χ3n) is 4.46. The maximum Gasteiger partial charge on any atom is 0.118 e. The van der Waals surface area contributed by atoms with Gasteiger partial charge < -0.3 is 10.1 Å². The van der Waals surface area contributed by atoms with Crippen LogP contribution in [-0.2, 0) is 0 Å². The van der Waals surface area contributed by atoms with Crippen LogP contribution in [0.25, 0.3) is 0 Å². The Bertz CT molecular complexity index is 463. The van der Waals surface area contributed by atoms with Crippen molar-refractivity contribution in [2.24, 2.45) is 11.8 Å². The average Bonchev–Trinajstić information content (AvgIpc) is 2.47. The molecule has 1 N–H and O–H groups in total. The minimum atomic E-state index is 0.442. The van der Waals surface area contributed by atoms with E-state index in [0.29, 0.717) is 6.04 Å². The SMILES string of the molecule is CCC(NCC1CC(C)=CC(C)C1)c1ccc(OC)cc1. The van der Waals surface area contributed by atoms with Gasteiger partial charge in [-0.05, 0) is 62.3 Å². The smallest absolute Gasteiger partial charge is 0.118 e. The van der Waals surface area contributed by atoms with Crippen molar-refractivity contribution in [3.8, 4) is 5.75 Å². The number of benzene rings is 1. The van der Waals surface area contributed by atoms with Crippen molar-refractivity contribution in [1.82, 2.24) is 5.32 Å². The molecule has 0 spiro atoms. The lowest BCUT2D eigenvalue weighted by molar-refractivity contribution is 0.358. The van der Waals surface area contributed by atoms with Crippen molar-refractivity contribution in [3.05, 3.63) is 41.5 Å². The minimum Gasteiger partial charge on any atom is -0.497 e. The zero-order chi connectivity index (χ0) is 15.2. The zero-order valence-electron chi connectivity index (χ0n) is 13.9. The molecule has 0 amide bonds. The van der Waals surface area contributed by atoms with Crippen molar-refractivity contribution < 1.29 is 4.74 Å². The average molecular weight is 287 g/mol. The van der Waals surface area contributed by atoms with Gasteiger partial charge in [0.15, 0.2) is 0 Å². The molecule has 3 unspecified atom stereocenters. The molecule has 2 nitrogen and oxygen atoms in total. The van der Waals surface area contributed by atoms with Gasteiger partial charge in [0.2, 0.25) is 0 Å². The molecule has 116 valence electrons. The van der Waals surface area contributed by atoms with Crippen LogP contribution in [0.1, 0.15) is 51.6 Å². The Hall–Kier alpha value is -1.28. The molecule has 1 aromatic carbocycles. The fraction of sp³-hybridized carbons (Fsp3) is 0.579. The quantitative estimate of drug-likeness (QED) is 0.764. The first-order chi connectivity index (χ1) is 10.1. The van der Waals surface area contributed by atoms with E-state index in [9.17, 15) is 0 Å². The second-order valence-corrected chi connectivity index (χ2v) is 6.44. The summed E-state index contributed by atoms with van der Waals surface area (Å²) in [5.74, 6) is 2.43. The third-order valence-corrected chi connectivity index (χ3v) is 4.46. The van der Waals surface area contributed by atoms with Gasteiger partial charge in [-0.3, -0.25) is 0 Å². The highest BCUT2D eigenvalue weighted by atomic mass is 16.5. The van der Waals surface area contributed by atoms with E-state index < -0.39 is 0 Å². The first-order valence-electron chi connectivity index (χ1n) is 8.17. The van der Waals surface area contributed by atoms with Crippen molar-refractivity contribution in [2.45, 2.75) is 46.1 Å². The Balaban J connectivity index is 1.91. The summed E-state index contributed by atoms with van der Waals surface area (Å²) >= 11 is 0. The molecule has 2 rings (SSSR count). The number of hydrogen-bond acceptors (Lipinski definition) is 2. The predicted molar refractivity (Wildman–Crippen MR) is 89.7 cm³/mol. The summed E-state index contributed by atoms with van der Waals surface area (Å²) in [7, 11) is 1.71. The van der Waals surface area contributed by atoms with E-state index in [2.05, 4.69) is 56.4 Å². The van der Waals surface area contributed by atoms with Crippen LogP contribution in [0.4, 0.5) is 0 Å². The van der Waals surface area contributed by atoms with E-state index in [0.717, 1.165) is 30.6 Å². The summed E-state index contributed by atoms with van der Waals surface area (Å²) in [5.41, 5.74) is 2.91. The van der Waals surface area contributed by atoms with Gasteiger partial charge >= 0.3 is 0 Å². The zero-order valence-corrected chi connectivity index (χ0v) is 13.9. The molecule has 0 bridgehead atoms. The molecule has 21 heavy (non-hydrogen) atoms. The maximum atomic E-state index is 5.23. The molecule has 3 atom stereocenters. The van der Waals surface area contributed by atoms with Crippen molar-refractivity contribution in [3.63, 3.8) is 0 Å². The highest BCUT2D eigenvalue weighted by Gasteiger charge is 2.19. The van der Waals surface area contributed by atoms with Crippen LogP contribution in [0.2, 0.25) is 0 Å². The Morgan fingerprint density at radius 1 is 1.29 bits per heavy atom. The van der Waals surface area contributed by atoms with Gasteiger partial charge in [-0.2, -0.15) is 0 Å². The molecule has 1 aromatic rings.